The van der Waals surface area contributed by atoms with Gasteiger partial charge in [-0.1, -0.05) is 80.4 Å². The van der Waals surface area contributed by atoms with E-state index >= 15 is 0 Å². The minimum atomic E-state index is -4.28. The van der Waals surface area contributed by atoms with E-state index in [9.17, 15) is 38.2 Å². The molecule has 4 rings (SSSR count). The van der Waals surface area contributed by atoms with Gasteiger partial charge in [0.1, 0.15) is 37.1 Å². The van der Waals surface area contributed by atoms with Gasteiger partial charge in [0.25, 0.3) is 5.91 Å². The molecule has 0 spiro atoms. The predicted molar refractivity (Wildman–Crippen MR) is 199 cm³/mol. The van der Waals surface area contributed by atoms with Crippen molar-refractivity contribution in [2.75, 3.05) is 25.8 Å². The normalized spacial score (nSPS) is 18.9. The minimum Gasteiger partial charge on any atom is -0.445 e. The molecule has 2 aliphatic rings. The molecule has 2 aromatic carbocycles. The van der Waals surface area contributed by atoms with Crippen LogP contribution in [0.5, 0.6) is 0 Å². The average molecular weight is 770 g/mol. The number of hydrazine groups is 1. The monoisotopic (exact) mass is 769 g/mol. The molecule has 7 N–H and O–H groups in total. The lowest BCUT2D eigenvalue weighted by atomic mass is 10.1. The summed E-state index contributed by atoms with van der Waals surface area (Å²) in [5.41, 5.74) is 3.52. The van der Waals surface area contributed by atoms with E-state index in [0.717, 1.165) is 12.0 Å². The number of ether oxygens (including phenoxy) is 1. The summed E-state index contributed by atoms with van der Waals surface area (Å²) >= 11 is 0. The summed E-state index contributed by atoms with van der Waals surface area (Å²) in [4.78, 5) is 92.1. The van der Waals surface area contributed by atoms with E-state index in [-0.39, 0.29) is 32.5 Å². The summed E-state index contributed by atoms with van der Waals surface area (Å²) in [5, 5.41) is 7.84. The molecular weight excluding hydrogens is 717 g/mol. The highest BCUT2D eigenvalue weighted by molar-refractivity contribution is 7.58. The van der Waals surface area contributed by atoms with E-state index in [0.29, 0.717) is 44.1 Å². The molecule has 16 nitrogen and oxygen atoms in total. The van der Waals surface area contributed by atoms with Crippen LogP contribution < -0.4 is 27.2 Å². The first kappa shape index (κ1) is 42.0. The van der Waals surface area contributed by atoms with Gasteiger partial charge in [-0.05, 0) is 43.2 Å². The Hall–Kier alpha value is -4.79. The van der Waals surface area contributed by atoms with Crippen LogP contribution in [0.15, 0.2) is 60.7 Å². The Morgan fingerprint density at radius 1 is 0.870 bits per heavy atom. The summed E-state index contributed by atoms with van der Waals surface area (Å²) in [6.07, 6.45) is 1.95. The van der Waals surface area contributed by atoms with E-state index in [2.05, 4.69) is 21.4 Å². The third kappa shape index (κ3) is 12.1. The van der Waals surface area contributed by atoms with Gasteiger partial charge in [-0.25, -0.2) is 10.6 Å². The lowest BCUT2D eigenvalue weighted by Crippen LogP contribution is -2.54. The minimum absolute atomic E-state index is 0.0128. The number of nitrogens with one attached hydrogen (secondary N) is 4. The molecule has 0 aromatic heterocycles. The summed E-state index contributed by atoms with van der Waals surface area (Å²) < 4.78 is 19.2. The molecule has 2 saturated heterocycles. The number of nitrogens with two attached hydrogens (primary N) is 1. The van der Waals surface area contributed by atoms with Gasteiger partial charge in [0, 0.05) is 32.1 Å². The second kappa shape index (κ2) is 20.6. The number of hydrogen-bond acceptors (Lipinski definition) is 9. The van der Waals surface area contributed by atoms with Crippen LogP contribution in [0.2, 0.25) is 0 Å². The smallest absolute Gasteiger partial charge is 0.407 e. The molecule has 2 aromatic rings. The third-order valence-electron chi connectivity index (χ3n) is 9.68. The Morgan fingerprint density at radius 3 is 2.04 bits per heavy atom. The van der Waals surface area contributed by atoms with Crippen LogP contribution in [-0.2, 0) is 46.3 Å². The molecule has 0 saturated carbocycles. The number of rotatable bonds is 18. The number of benzene rings is 2. The maximum Gasteiger partial charge on any atom is 0.407 e. The number of carbonyl (C=O) groups is 6. The van der Waals surface area contributed by atoms with Crippen molar-refractivity contribution in [3.05, 3.63) is 71.8 Å². The van der Waals surface area contributed by atoms with Gasteiger partial charge in [0.2, 0.25) is 31.0 Å². The van der Waals surface area contributed by atoms with Gasteiger partial charge in [0.05, 0.1) is 0 Å². The number of likely N-dealkylation sites (tertiary alicyclic amines) is 2. The Morgan fingerprint density at radius 2 is 1.44 bits per heavy atom. The van der Waals surface area contributed by atoms with Crippen molar-refractivity contribution in [1.82, 2.24) is 31.2 Å². The van der Waals surface area contributed by atoms with Crippen LogP contribution in [0.4, 0.5) is 4.79 Å². The topological polar surface area (TPSA) is 230 Å². The molecule has 2 aliphatic heterocycles. The zero-order chi connectivity index (χ0) is 39.1. The molecule has 0 bridgehead atoms. The van der Waals surface area contributed by atoms with Gasteiger partial charge in [-0.2, -0.15) is 0 Å². The third-order valence-corrected chi connectivity index (χ3v) is 11.8. The molecule has 54 heavy (non-hydrogen) atoms. The van der Waals surface area contributed by atoms with Gasteiger partial charge >= 0.3 is 6.09 Å². The zero-order valence-electron chi connectivity index (χ0n) is 30.6. The summed E-state index contributed by atoms with van der Waals surface area (Å²) in [5.74, 6) is 1.36. The molecule has 0 radical (unpaired) electrons. The zero-order valence-corrected chi connectivity index (χ0v) is 31.5. The molecule has 6 amide bonds. The highest BCUT2D eigenvalue weighted by Gasteiger charge is 2.40. The van der Waals surface area contributed by atoms with Crippen LogP contribution in [-0.4, -0.2) is 100 Å². The molecule has 2 unspecified atom stereocenters. The Kier molecular flexibility index (Phi) is 16.0. The Balaban J connectivity index is 1.37. The average Bonchev–Trinajstić information content (AvgIpc) is 3.88. The Labute approximate surface area is 315 Å². The van der Waals surface area contributed by atoms with Gasteiger partial charge < -0.3 is 35.4 Å². The first-order valence-corrected chi connectivity index (χ1v) is 20.3. The van der Waals surface area contributed by atoms with E-state index in [1.807, 2.05) is 25.1 Å². The summed E-state index contributed by atoms with van der Waals surface area (Å²) in [6.45, 7) is 2.10. The molecule has 294 valence electrons. The SMILES string of the molecule is CCCC[C@H](NC(=O)[C@@H]1CCCN1C(=O)CCP(=O)(O)C(Cc1ccccc1)NC(=O)[C@@H]1CCCN1C(=O)CNC(=O)OCc1ccccc1)C(=O)NN. The van der Waals surface area contributed by atoms with E-state index < -0.39 is 79.6 Å². The molecule has 5 atom stereocenters. The largest absolute Gasteiger partial charge is 0.445 e. The lowest BCUT2D eigenvalue weighted by Gasteiger charge is -2.30. The number of amides is 6. The van der Waals surface area contributed by atoms with Crippen molar-refractivity contribution in [3.8, 4) is 0 Å². The fourth-order valence-electron chi connectivity index (χ4n) is 6.69. The first-order valence-electron chi connectivity index (χ1n) is 18.4. The van der Waals surface area contributed by atoms with Crippen molar-refractivity contribution in [2.45, 2.75) is 95.2 Å². The molecule has 17 heteroatoms. The maximum absolute atomic E-state index is 14.0. The maximum atomic E-state index is 14.0. The Bertz CT molecular complexity index is 1650. The van der Waals surface area contributed by atoms with E-state index in [1.165, 1.54) is 9.80 Å². The summed E-state index contributed by atoms with van der Waals surface area (Å²) in [6, 6.07) is 15.2. The lowest BCUT2D eigenvalue weighted by molar-refractivity contribution is -0.139. The van der Waals surface area contributed by atoms with Crippen LogP contribution >= 0.6 is 7.37 Å². The number of unbranched alkanes of at least 4 members (excludes halogenated alkanes) is 1. The van der Waals surface area contributed by atoms with Crippen molar-refractivity contribution < 1.29 is 43.0 Å². The standard InChI is InChI=1S/C37H52N7O9P/c1-2-3-16-28(34(47)42-38)40-35(48)29-17-10-20-43(29)32(45)19-22-54(51,52)31(23-26-12-6-4-7-13-26)41-36(49)30-18-11-21-44(30)33(46)24-39-37(50)53-25-27-14-8-5-9-15-27/h4-9,12-15,28-31H,2-3,10-11,16-25,38H2,1H3,(H,39,50)(H,40,48)(H,41,49)(H,42,47)(H,51,52)/t28-,29-,30-,31?/m0/s1. The predicted octanol–water partition coefficient (Wildman–Crippen LogP) is 1.91. The molecule has 0 aliphatic carbocycles. The van der Waals surface area contributed by atoms with Crippen molar-refractivity contribution in [3.63, 3.8) is 0 Å². The fourth-order valence-corrected chi connectivity index (χ4v) is 8.34. The fraction of sp³-hybridized carbons (Fsp3) is 0.514. The van der Waals surface area contributed by atoms with Crippen LogP contribution in [0.3, 0.4) is 0 Å². The highest BCUT2D eigenvalue weighted by atomic mass is 31.2. The molecule has 2 heterocycles. The van der Waals surface area contributed by atoms with Crippen LogP contribution in [0, 0.1) is 0 Å². The van der Waals surface area contributed by atoms with Crippen molar-refractivity contribution >= 4 is 43.0 Å². The number of nitrogens with zero attached hydrogens (tertiary/aromatic N) is 2. The number of carbonyl (C=O) groups excluding carboxylic acids is 6. The van der Waals surface area contributed by atoms with Crippen LogP contribution in [0.1, 0.15) is 69.4 Å². The number of hydrogen-bond donors (Lipinski definition) is 6. The second-order valence-electron chi connectivity index (χ2n) is 13.6. The summed E-state index contributed by atoms with van der Waals surface area (Å²) in [7, 11) is -4.28. The van der Waals surface area contributed by atoms with Crippen LogP contribution in [0.25, 0.3) is 0 Å². The molecular formula is C37H52N7O9P. The van der Waals surface area contributed by atoms with E-state index in [1.54, 1.807) is 42.5 Å². The van der Waals surface area contributed by atoms with Gasteiger partial charge in [-0.15, -0.1) is 0 Å². The molecule has 2 fully saturated rings. The highest BCUT2D eigenvalue weighted by Crippen LogP contribution is 2.47. The quantitative estimate of drug-likeness (QED) is 0.0559. The van der Waals surface area contributed by atoms with Crippen molar-refractivity contribution in [1.29, 1.82) is 0 Å². The van der Waals surface area contributed by atoms with Crippen molar-refractivity contribution in [2.24, 2.45) is 5.84 Å². The van der Waals surface area contributed by atoms with Gasteiger partial charge in [0.15, 0.2) is 0 Å². The van der Waals surface area contributed by atoms with E-state index in [4.69, 9.17) is 10.6 Å². The first-order chi connectivity index (χ1) is 25.9. The van der Waals surface area contributed by atoms with Gasteiger partial charge in [-0.3, -0.25) is 34.0 Å². The second-order valence-corrected chi connectivity index (χ2v) is 16.1. The number of alkyl carbamates (subject to hydrolysis) is 1.